The molecule has 0 aliphatic heterocycles. The van der Waals surface area contributed by atoms with Crippen LogP contribution in [0.25, 0.3) is 0 Å². The van der Waals surface area contributed by atoms with Crippen molar-refractivity contribution in [2.45, 2.75) is 19.4 Å². The number of halogens is 1. The zero-order valence-corrected chi connectivity index (χ0v) is 10.8. The Bertz CT molecular complexity index is 476. The van der Waals surface area contributed by atoms with E-state index in [2.05, 4.69) is 9.97 Å². The van der Waals surface area contributed by atoms with Gasteiger partial charge in [-0.05, 0) is 36.6 Å². The van der Waals surface area contributed by atoms with Crippen molar-refractivity contribution in [2.24, 2.45) is 0 Å². The van der Waals surface area contributed by atoms with Crippen LogP contribution in [0.15, 0.2) is 42.9 Å². The lowest BCUT2D eigenvalue weighted by molar-refractivity contribution is 0.118. The fraction of sp³-hybridized carbons (Fsp3) is 0.286. The molecular weight excluding hydrogens is 248 g/mol. The van der Waals surface area contributed by atoms with Gasteiger partial charge in [-0.2, -0.15) is 0 Å². The van der Waals surface area contributed by atoms with Crippen LogP contribution >= 0.6 is 11.6 Å². The average molecular weight is 263 g/mol. The molecule has 0 saturated heterocycles. The van der Waals surface area contributed by atoms with Crippen LogP contribution in [0.5, 0.6) is 0 Å². The average Bonchev–Trinajstić information content (AvgIpc) is 2.42. The SMILES string of the molecule is Clc1ncccc1COCCCc1ccncc1. The molecule has 0 fully saturated rings. The Morgan fingerprint density at radius 2 is 1.94 bits per heavy atom. The second-order valence-corrected chi connectivity index (χ2v) is 4.32. The summed E-state index contributed by atoms with van der Waals surface area (Å²) in [6.07, 6.45) is 7.29. The van der Waals surface area contributed by atoms with Gasteiger partial charge in [0.15, 0.2) is 0 Å². The van der Waals surface area contributed by atoms with E-state index < -0.39 is 0 Å². The van der Waals surface area contributed by atoms with E-state index in [-0.39, 0.29) is 0 Å². The molecule has 3 nitrogen and oxygen atoms in total. The minimum atomic E-state index is 0.517. The van der Waals surface area contributed by atoms with Gasteiger partial charge < -0.3 is 4.74 Å². The molecule has 0 aromatic carbocycles. The Morgan fingerprint density at radius 1 is 1.11 bits per heavy atom. The highest BCUT2D eigenvalue weighted by atomic mass is 35.5. The highest BCUT2D eigenvalue weighted by molar-refractivity contribution is 6.30. The zero-order chi connectivity index (χ0) is 12.6. The summed E-state index contributed by atoms with van der Waals surface area (Å²) in [6.45, 7) is 1.23. The fourth-order valence-electron chi connectivity index (χ4n) is 1.64. The third-order valence-corrected chi connectivity index (χ3v) is 2.94. The minimum Gasteiger partial charge on any atom is -0.377 e. The smallest absolute Gasteiger partial charge is 0.134 e. The maximum atomic E-state index is 5.93. The van der Waals surface area contributed by atoms with Gasteiger partial charge in [0.05, 0.1) is 6.61 Å². The van der Waals surface area contributed by atoms with Crippen LogP contribution in [-0.2, 0) is 17.8 Å². The van der Waals surface area contributed by atoms with E-state index in [0.717, 1.165) is 18.4 Å². The summed E-state index contributed by atoms with van der Waals surface area (Å²) < 4.78 is 5.58. The van der Waals surface area contributed by atoms with E-state index in [1.54, 1.807) is 6.20 Å². The van der Waals surface area contributed by atoms with Gasteiger partial charge in [0.1, 0.15) is 5.15 Å². The monoisotopic (exact) mass is 262 g/mol. The number of aryl methyl sites for hydroxylation is 1. The fourth-order valence-corrected chi connectivity index (χ4v) is 1.81. The summed E-state index contributed by atoms with van der Waals surface area (Å²) in [5.74, 6) is 0. The number of ether oxygens (including phenoxy) is 1. The molecule has 0 spiro atoms. The predicted molar refractivity (Wildman–Crippen MR) is 71.5 cm³/mol. The number of pyridine rings is 2. The highest BCUT2D eigenvalue weighted by Crippen LogP contribution is 2.12. The molecule has 0 aliphatic carbocycles. The van der Waals surface area contributed by atoms with E-state index in [1.807, 2.05) is 36.7 Å². The molecule has 4 heteroatoms. The molecule has 94 valence electrons. The second kappa shape index (κ2) is 7.09. The van der Waals surface area contributed by atoms with Gasteiger partial charge >= 0.3 is 0 Å². The summed E-state index contributed by atoms with van der Waals surface area (Å²) >= 11 is 5.93. The van der Waals surface area contributed by atoms with Crippen LogP contribution in [0.4, 0.5) is 0 Å². The number of rotatable bonds is 6. The predicted octanol–water partition coefficient (Wildman–Crippen LogP) is 3.28. The quantitative estimate of drug-likeness (QED) is 0.592. The van der Waals surface area contributed by atoms with Crippen molar-refractivity contribution in [3.8, 4) is 0 Å². The third kappa shape index (κ3) is 4.09. The van der Waals surface area contributed by atoms with Gasteiger partial charge in [0.2, 0.25) is 0 Å². The topological polar surface area (TPSA) is 35.0 Å². The molecular formula is C14H15ClN2O. The van der Waals surface area contributed by atoms with E-state index in [9.17, 15) is 0 Å². The van der Waals surface area contributed by atoms with Crippen LogP contribution < -0.4 is 0 Å². The molecule has 0 atom stereocenters. The summed E-state index contributed by atoms with van der Waals surface area (Å²) in [5, 5.41) is 0.520. The van der Waals surface area contributed by atoms with Gasteiger partial charge in [0, 0.05) is 30.8 Å². The van der Waals surface area contributed by atoms with Gasteiger partial charge in [0.25, 0.3) is 0 Å². The third-order valence-electron chi connectivity index (χ3n) is 2.60. The summed E-state index contributed by atoms with van der Waals surface area (Å²) in [5.41, 5.74) is 2.22. The molecule has 0 bridgehead atoms. The van der Waals surface area contributed by atoms with Crippen molar-refractivity contribution in [1.82, 2.24) is 9.97 Å². The molecule has 0 amide bonds. The van der Waals surface area contributed by atoms with Gasteiger partial charge in [-0.15, -0.1) is 0 Å². The molecule has 2 heterocycles. The lowest BCUT2D eigenvalue weighted by atomic mass is 10.1. The van der Waals surface area contributed by atoms with Crippen LogP contribution in [-0.4, -0.2) is 16.6 Å². The number of hydrogen-bond donors (Lipinski definition) is 0. The molecule has 18 heavy (non-hydrogen) atoms. The van der Waals surface area contributed by atoms with Gasteiger partial charge in [-0.1, -0.05) is 17.7 Å². The standard InChI is InChI=1S/C14H15ClN2O/c15-14-13(4-1-7-17-14)11-18-10-2-3-12-5-8-16-9-6-12/h1,4-9H,2-3,10-11H2. The highest BCUT2D eigenvalue weighted by Gasteiger charge is 2.00. The van der Waals surface area contributed by atoms with E-state index in [0.29, 0.717) is 18.4 Å². The summed E-state index contributed by atoms with van der Waals surface area (Å²) in [4.78, 5) is 7.99. The van der Waals surface area contributed by atoms with E-state index in [4.69, 9.17) is 16.3 Å². The van der Waals surface area contributed by atoms with Gasteiger partial charge in [-0.3, -0.25) is 4.98 Å². The molecule has 2 rings (SSSR count). The van der Waals surface area contributed by atoms with Crippen molar-refractivity contribution in [3.63, 3.8) is 0 Å². The van der Waals surface area contributed by atoms with Crippen LogP contribution in [0.3, 0.4) is 0 Å². The molecule has 2 aromatic rings. The molecule has 0 radical (unpaired) electrons. The van der Waals surface area contributed by atoms with Crippen molar-refractivity contribution >= 4 is 11.6 Å². The zero-order valence-electron chi connectivity index (χ0n) is 10.1. The molecule has 2 aromatic heterocycles. The number of nitrogens with zero attached hydrogens (tertiary/aromatic N) is 2. The molecule has 0 aliphatic rings. The van der Waals surface area contributed by atoms with Crippen molar-refractivity contribution in [3.05, 3.63) is 59.1 Å². The Kier molecular flexibility index (Phi) is 5.12. The second-order valence-electron chi connectivity index (χ2n) is 3.96. The Balaban J connectivity index is 1.66. The Hall–Kier alpha value is -1.45. The molecule has 0 saturated carbocycles. The molecule has 0 unspecified atom stereocenters. The first-order valence-electron chi connectivity index (χ1n) is 5.92. The maximum Gasteiger partial charge on any atom is 0.134 e. The Morgan fingerprint density at radius 3 is 2.72 bits per heavy atom. The first-order chi connectivity index (χ1) is 8.86. The lowest BCUT2D eigenvalue weighted by Crippen LogP contribution is -1.98. The lowest BCUT2D eigenvalue weighted by Gasteiger charge is -2.05. The van der Waals surface area contributed by atoms with Crippen LogP contribution in [0, 0.1) is 0 Å². The van der Waals surface area contributed by atoms with Crippen molar-refractivity contribution in [2.75, 3.05) is 6.61 Å². The number of aromatic nitrogens is 2. The van der Waals surface area contributed by atoms with E-state index in [1.165, 1.54) is 5.56 Å². The first kappa shape index (κ1) is 13.0. The van der Waals surface area contributed by atoms with Crippen molar-refractivity contribution in [1.29, 1.82) is 0 Å². The van der Waals surface area contributed by atoms with E-state index >= 15 is 0 Å². The van der Waals surface area contributed by atoms with Gasteiger partial charge in [-0.25, -0.2) is 4.98 Å². The summed E-state index contributed by atoms with van der Waals surface area (Å²) in [6, 6.07) is 7.84. The van der Waals surface area contributed by atoms with Crippen molar-refractivity contribution < 1.29 is 4.74 Å². The minimum absolute atomic E-state index is 0.517. The van der Waals surface area contributed by atoms with Crippen LogP contribution in [0.1, 0.15) is 17.5 Å². The normalized spacial score (nSPS) is 10.5. The largest absolute Gasteiger partial charge is 0.377 e. The molecule has 0 N–H and O–H groups in total. The first-order valence-corrected chi connectivity index (χ1v) is 6.30. The van der Waals surface area contributed by atoms with Crippen LogP contribution in [0.2, 0.25) is 5.15 Å². The maximum absolute atomic E-state index is 5.93. The summed E-state index contributed by atoms with van der Waals surface area (Å²) in [7, 11) is 0. The number of hydrogen-bond acceptors (Lipinski definition) is 3. The Labute approximate surface area is 112 Å².